The van der Waals surface area contributed by atoms with Crippen molar-refractivity contribution in [1.29, 1.82) is 0 Å². The molecule has 0 bridgehead atoms. The maximum Gasteiger partial charge on any atom is 3.00 e. The van der Waals surface area contributed by atoms with Crippen LogP contribution in [-0.4, -0.2) is 50.5 Å². The fourth-order valence-electron chi connectivity index (χ4n) is 4.69. The number of pyridine rings is 1. The Bertz CT molecular complexity index is 1390. The van der Waals surface area contributed by atoms with E-state index in [1.54, 1.807) is 0 Å². The molecule has 1 radical (unpaired) electrons. The Morgan fingerprint density at radius 3 is 1.40 bits per heavy atom. The third-order valence-electron chi connectivity index (χ3n) is 6.72. The van der Waals surface area contributed by atoms with Crippen molar-refractivity contribution in [2.75, 3.05) is 26.4 Å². The van der Waals surface area contributed by atoms with Crippen LogP contribution in [0.1, 0.15) is 39.5 Å². The molecule has 0 saturated heterocycles. The smallest absolute Gasteiger partial charge is 1.00 e. The van der Waals surface area contributed by atoms with Gasteiger partial charge in [0, 0.05) is 26.3 Å². The zero-order valence-corrected chi connectivity index (χ0v) is 29.6. The van der Waals surface area contributed by atoms with E-state index in [-0.39, 0.29) is 78.1 Å². The van der Waals surface area contributed by atoms with E-state index in [4.69, 9.17) is 24.4 Å². The Hall–Kier alpha value is -1.33. The van der Waals surface area contributed by atoms with E-state index in [0.717, 1.165) is 97.1 Å². The molecular formula is C31H37Cl3N5NdO2. The van der Waals surface area contributed by atoms with E-state index < -0.39 is 0 Å². The summed E-state index contributed by atoms with van der Waals surface area (Å²) >= 11 is 0. The first-order valence-electron chi connectivity index (χ1n) is 13.8. The largest absolute Gasteiger partial charge is 3.00 e. The van der Waals surface area contributed by atoms with Crippen molar-refractivity contribution >= 4 is 22.1 Å². The molecule has 11 heteroatoms. The van der Waals surface area contributed by atoms with Crippen LogP contribution in [0.25, 0.3) is 45.1 Å². The van der Waals surface area contributed by atoms with Crippen molar-refractivity contribution < 1.29 is 87.5 Å². The van der Waals surface area contributed by atoms with E-state index in [1.807, 2.05) is 30.3 Å². The van der Waals surface area contributed by atoms with E-state index in [2.05, 4.69) is 59.4 Å². The maximum atomic E-state index is 5.90. The van der Waals surface area contributed by atoms with Gasteiger partial charge >= 0.3 is 40.8 Å². The number of aromatic nitrogens is 5. The Labute approximate surface area is 300 Å². The van der Waals surface area contributed by atoms with Crippen LogP contribution in [0.5, 0.6) is 0 Å². The van der Waals surface area contributed by atoms with E-state index in [9.17, 15) is 0 Å². The van der Waals surface area contributed by atoms with E-state index >= 15 is 0 Å². The zero-order valence-electron chi connectivity index (χ0n) is 24.1. The number of unbranched alkanes of at least 4 members (excludes halogenated alkanes) is 2. The molecule has 223 valence electrons. The summed E-state index contributed by atoms with van der Waals surface area (Å²) in [5, 5.41) is 0. The van der Waals surface area contributed by atoms with Crippen molar-refractivity contribution in [1.82, 2.24) is 24.1 Å². The molecule has 0 N–H and O–H groups in total. The zero-order chi connectivity index (χ0) is 26.2. The van der Waals surface area contributed by atoms with Crippen LogP contribution < -0.4 is 37.2 Å². The van der Waals surface area contributed by atoms with Crippen LogP contribution >= 0.6 is 0 Å². The predicted molar refractivity (Wildman–Crippen MR) is 153 cm³/mol. The van der Waals surface area contributed by atoms with Crippen molar-refractivity contribution in [3.8, 4) is 23.0 Å². The monoisotopic (exact) mass is 758 g/mol. The Morgan fingerprint density at radius 1 is 0.548 bits per heavy atom. The third kappa shape index (κ3) is 9.34. The molecular weight excluding hydrogens is 725 g/mol. The molecule has 2 aromatic carbocycles. The van der Waals surface area contributed by atoms with Crippen LogP contribution in [0.4, 0.5) is 0 Å². The molecule has 3 heterocycles. The van der Waals surface area contributed by atoms with Gasteiger partial charge in [0.15, 0.2) is 11.6 Å². The number of para-hydroxylation sites is 4. The van der Waals surface area contributed by atoms with Gasteiger partial charge in [-0.2, -0.15) is 0 Å². The molecule has 5 aromatic rings. The first-order chi connectivity index (χ1) is 18.8. The number of imidazole rings is 2. The molecule has 0 aliphatic heterocycles. The number of nitrogens with zero attached hydrogens (tertiary/aromatic N) is 5. The molecule has 0 saturated carbocycles. The molecule has 0 fully saturated rings. The number of ether oxygens (including phenoxy) is 2. The topological polar surface area (TPSA) is 67.0 Å². The van der Waals surface area contributed by atoms with Gasteiger partial charge < -0.3 is 55.8 Å². The minimum Gasteiger partial charge on any atom is -1.00 e. The number of fused-ring (bicyclic) bond motifs is 2. The molecule has 0 unspecified atom stereocenters. The molecule has 5 rings (SSSR count). The van der Waals surface area contributed by atoms with Crippen LogP contribution in [0.3, 0.4) is 0 Å². The van der Waals surface area contributed by atoms with Crippen molar-refractivity contribution in [3.63, 3.8) is 0 Å². The molecule has 0 aliphatic carbocycles. The summed E-state index contributed by atoms with van der Waals surface area (Å²) in [6.45, 7) is 8.64. The molecule has 3 aromatic heterocycles. The molecule has 7 nitrogen and oxygen atoms in total. The van der Waals surface area contributed by atoms with Gasteiger partial charge in [0.25, 0.3) is 0 Å². The van der Waals surface area contributed by atoms with Crippen molar-refractivity contribution in [3.05, 3.63) is 66.7 Å². The van der Waals surface area contributed by atoms with Gasteiger partial charge in [-0.3, -0.25) is 0 Å². The SMILES string of the molecule is CCCCOCCn1c(-c2cccc(-c3nc4ccccc4n3CCOCCCC)n2)nc2ccccc21.[Cl-].[Cl-].[Cl-].[Nd+3]. The summed E-state index contributed by atoms with van der Waals surface area (Å²) in [5.74, 6) is 1.69. The Morgan fingerprint density at radius 2 is 0.976 bits per heavy atom. The first kappa shape index (κ1) is 38.7. The minimum atomic E-state index is 0. The second-order valence-corrected chi connectivity index (χ2v) is 9.49. The number of halogens is 3. The Balaban J connectivity index is 0.00000220. The number of hydrogen-bond donors (Lipinski definition) is 0. The summed E-state index contributed by atoms with van der Waals surface area (Å²) in [6.07, 6.45) is 4.41. The summed E-state index contributed by atoms with van der Waals surface area (Å²) < 4.78 is 16.2. The molecule has 0 atom stereocenters. The van der Waals surface area contributed by atoms with Crippen LogP contribution in [0, 0.1) is 40.8 Å². The summed E-state index contributed by atoms with van der Waals surface area (Å²) in [7, 11) is 0. The molecule has 0 spiro atoms. The van der Waals surface area contributed by atoms with Crippen LogP contribution in [0.2, 0.25) is 0 Å². The second-order valence-electron chi connectivity index (χ2n) is 9.49. The minimum absolute atomic E-state index is 0. The maximum absolute atomic E-state index is 5.90. The summed E-state index contributed by atoms with van der Waals surface area (Å²) in [5.41, 5.74) is 5.74. The van der Waals surface area contributed by atoms with E-state index in [0.29, 0.717) is 13.2 Å². The fourth-order valence-corrected chi connectivity index (χ4v) is 4.69. The van der Waals surface area contributed by atoms with Crippen molar-refractivity contribution in [2.45, 2.75) is 52.6 Å². The Kier molecular flexibility index (Phi) is 18.3. The van der Waals surface area contributed by atoms with Gasteiger partial charge in [0.2, 0.25) is 0 Å². The summed E-state index contributed by atoms with van der Waals surface area (Å²) in [6, 6.07) is 22.6. The van der Waals surface area contributed by atoms with Gasteiger partial charge in [-0.1, -0.05) is 57.0 Å². The molecule has 0 amide bonds. The fraction of sp³-hybridized carbons (Fsp3) is 0.387. The third-order valence-corrected chi connectivity index (χ3v) is 6.72. The number of rotatable bonds is 14. The van der Waals surface area contributed by atoms with Gasteiger partial charge in [0.05, 0.1) is 35.3 Å². The first-order valence-corrected chi connectivity index (χ1v) is 13.8. The second kappa shape index (κ2) is 19.8. The predicted octanol–water partition coefficient (Wildman–Crippen LogP) is -2.24. The average molecular weight is 762 g/mol. The van der Waals surface area contributed by atoms with E-state index in [1.165, 1.54) is 0 Å². The quantitative estimate of drug-likeness (QED) is 0.120. The number of benzene rings is 2. The van der Waals surface area contributed by atoms with Gasteiger partial charge in [0.1, 0.15) is 11.4 Å². The molecule has 42 heavy (non-hydrogen) atoms. The molecule has 0 aliphatic rings. The normalized spacial score (nSPS) is 10.5. The van der Waals surface area contributed by atoms with Crippen molar-refractivity contribution in [2.24, 2.45) is 0 Å². The summed E-state index contributed by atoms with van der Waals surface area (Å²) in [4.78, 5) is 15.0. The average Bonchev–Trinajstić information content (AvgIpc) is 3.52. The van der Waals surface area contributed by atoms with Gasteiger partial charge in [-0.15, -0.1) is 0 Å². The van der Waals surface area contributed by atoms with Crippen LogP contribution in [-0.2, 0) is 22.6 Å². The van der Waals surface area contributed by atoms with Gasteiger partial charge in [-0.25, -0.2) is 15.0 Å². The number of hydrogen-bond acceptors (Lipinski definition) is 5. The standard InChI is InChI=1S/C31H37N5O2.3ClH.Nd/c1-3-5-20-37-22-18-35-28-16-9-7-12-24(28)33-30(35)26-14-11-15-27(32-26)31-34-25-13-8-10-17-29(25)36(31)19-23-38-21-6-4-2;;;;/h7-17H,3-6,18-23H2,1-2H3;3*1H;/q;;;;+3/p-3. The van der Waals surface area contributed by atoms with Gasteiger partial charge in [-0.05, 0) is 49.2 Å². The van der Waals surface area contributed by atoms with Crippen LogP contribution in [0.15, 0.2) is 66.7 Å².